The summed E-state index contributed by atoms with van der Waals surface area (Å²) in [5, 5.41) is 14.4. The standard InChI is InChI=1S/C27H27N3O5/c1-2-8-17(26(32)33)15-28-25(31)23-13-7-14-24(29-23)30-27(34)35-16-22-20-11-5-3-9-18(20)19-10-4-6-12-21(19)22/h3-7,9-14,17,22H,2,8,15-16H2,1H3,(H,28,31)(H,32,33)(H,29,30,34). The van der Waals surface area contributed by atoms with E-state index in [9.17, 15) is 19.5 Å². The fraction of sp³-hybridized carbons (Fsp3) is 0.259. The number of ether oxygens (including phenoxy) is 1. The van der Waals surface area contributed by atoms with Gasteiger partial charge in [-0.1, -0.05) is 67.9 Å². The summed E-state index contributed by atoms with van der Waals surface area (Å²) < 4.78 is 5.52. The Kier molecular flexibility index (Phi) is 7.40. The van der Waals surface area contributed by atoms with Crippen LogP contribution in [0.25, 0.3) is 11.1 Å². The summed E-state index contributed by atoms with van der Waals surface area (Å²) in [5.41, 5.74) is 4.58. The van der Waals surface area contributed by atoms with Gasteiger partial charge in [-0.25, -0.2) is 9.78 Å². The third-order valence-corrected chi connectivity index (χ3v) is 6.05. The summed E-state index contributed by atoms with van der Waals surface area (Å²) in [7, 11) is 0. The van der Waals surface area contributed by atoms with Gasteiger partial charge in [-0.2, -0.15) is 0 Å². The molecular formula is C27H27N3O5. The third kappa shape index (κ3) is 5.48. The monoisotopic (exact) mass is 473 g/mol. The fourth-order valence-electron chi connectivity index (χ4n) is 4.34. The van der Waals surface area contributed by atoms with Crippen LogP contribution >= 0.6 is 0 Å². The Morgan fingerprint density at radius 1 is 0.971 bits per heavy atom. The second-order valence-corrected chi connectivity index (χ2v) is 8.39. The number of carbonyl (C=O) groups is 3. The van der Waals surface area contributed by atoms with Crippen LogP contribution < -0.4 is 10.6 Å². The second kappa shape index (κ2) is 10.8. The molecule has 3 aromatic rings. The molecule has 0 radical (unpaired) electrons. The van der Waals surface area contributed by atoms with Crippen molar-refractivity contribution in [3.8, 4) is 11.1 Å². The Labute approximate surface area is 203 Å². The highest BCUT2D eigenvalue weighted by molar-refractivity contribution is 5.93. The zero-order valence-corrected chi connectivity index (χ0v) is 19.4. The molecule has 1 aliphatic rings. The molecule has 2 amide bonds. The number of hydrogen-bond donors (Lipinski definition) is 3. The van der Waals surface area contributed by atoms with E-state index in [2.05, 4.69) is 27.8 Å². The van der Waals surface area contributed by atoms with Crippen LogP contribution in [0, 0.1) is 5.92 Å². The molecule has 0 aliphatic heterocycles. The van der Waals surface area contributed by atoms with Gasteiger partial charge in [-0.15, -0.1) is 0 Å². The number of amides is 2. The number of fused-ring (bicyclic) bond motifs is 3. The van der Waals surface area contributed by atoms with Gasteiger partial charge in [0.2, 0.25) is 0 Å². The van der Waals surface area contributed by atoms with Crippen LogP contribution in [-0.4, -0.2) is 41.2 Å². The Bertz CT molecular complexity index is 1200. The molecule has 0 fully saturated rings. The topological polar surface area (TPSA) is 118 Å². The van der Waals surface area contributed by atoms with Gasteiger partial charge in [0, 0.05) is 12.5 Å². The molecule has 0 spiro atoms. The molecule has 35 heavy (non-hydrogen) atoms. The van der Waals surface area contributed by atoms with Crippen molar-refractivity contribution >= 4 is 23.8 Å². The lowest BCUT2D eigenvalue weighted by molar-refractivity contribution is -0.141. The minimum absolute atomic E-state index is 0.00766. The molecule has 1 heterocycles. The number of nitrogens with one attached hydrogen (secondary N) is 2. The van der Waals surface area contributed by atoms with Crippen LogP contribution in [0.5, 0.6) is 0 Å². The summed E-state index contributed by atoms with van der Waals surface area (Å²) in [4.78, 5) is 40.4. The van der Waals surface area contributed by atoms with Gasteiger partial charge < -0.3 is 15.2 Å². The van der Waals surface area contributed by atoms with Gasteiger partial charge in [0.15, 0.2) is 0 Å². The van der Waals surface area contributed by atoms with Crippen LogP contribution in [0.4, 0.5) is 10.6 Å². The Morgan fingerprint density at radius 2 is 1.63 bits per heavy atom. The van der Waals surface area contributed by atoms with Gasteiger partial charge in [0.05, 0.1) is 5.92 Å². The average Bonchev–Trinajstić information content (AvgIpc) is 3.19. The van der Waals surface area contributed by atoms with E-state index in [1.807, 2.05) is 43.3 Å². The van der Waals surface area contributed by atoms with Gasteiger partial charge in [0.1, 0.15) is 18.1 Å². The first kappa shape index (κ1) is 23.9. The Morgan fingerprint density at radius 3 is 2.26 bits per heavy atom. The number of benzene rings is 2. The highest BCUT2D eigenvalue weighted by Crippen LogP contribution is 2.44. The Balaban J connectivity index is 1.36. The zero-order valence-electron chi connectivity index (χ0n) is 19.4. The predicted molar refractivity (Wildman–Crippen MR) is 131 cm³/mol. The molecule has 3 N–H and O–H groups in total. The van der Waals surface area contributed by atoms with Crippen molar-refractivity contribution in [2.24, 2.45) is 5.92 Å². The van der Waals surface area contributed by atoms with Crippen molar-refractivity contribution < 1.29 is 24.2 Å². The van der Waals surface area contributed by atoms with Crippen LogP contribution in [0.3, 0.4) is 0 Å². The van der Waals surface area contributed by atoms with E-state index in [0.29, 0.717) is 12.8 Å². The highest BCUT2D eigenvalue weighted by atomic mass is 16.5. The molecule has 0 saturated carbocycles. The lowest BCUT2D eigenvalue weighted by atomic mass is 9.98. The van der Waals surface area contributed by atoms with E-state index in [1.54, 1.807) is 12.1 Å². The van der Waals surface area contributed by atoms with Crippen molar-refractivity contribution in [3.63, 3.8) is 0 Å². The van der Waals surface area contributed by atoms with Crippen molar-refractivity contribution in [1.29, 1.82) is 0 Å². The minimum atomic E-state index is -0.953. The van der Waals surface area contributed by atoms with E-state index in [1.165, 1.54) is 6.07 Å². The molecule has 0 saturated heterocycles. The predicted octanol–water partition coefficient (Wildman–Crippen LogP) is 4.67. The normalized spacial score (nSPS) is 12.8. The highest BCUT2D eigenvalue weighted by Gasteiger charge is 2.29. The van der Waals surface area contributed by atoms with E-state index in [-0.39, 0.29) is 30.6 Å². The van der Waals surface area contributed by atoms with E-state index in [0.717, 1.165) is 22.3 Å². The Hall–Kier alpha value is -4.20. The third-order valence-electron chi connectivity index (χ3n) is 6.05. The molecule has 1 aliphatic carbocycles. The summed E-state index contributed by atoms with van der Waals surface area (Å²) in [6.07, 6.45) is 0.489. The molecule has 4 rings (SSSR count). The molecular weight excluding hydrogens is 446 g/mol. The number of pyridine rings is 1. The summed E-state index contributed by atoms with van der Waals surface area (Å²) in [5.74, 6) is -2.03. The second-order valence-electron chi connectivity index (χ2n) is 8.39. The van der Waals surface area contributed by atoms with Crippen molar-refractivity contribution in [2.75, 3.05) is 18.5 Å². The number of carbonyl (C=O) groups excluding carboxylic acids is 2. The summed E-state index contributed by atoms with van der Waals surface area (Å²) >= 11 is 0. The first-order valence-corrected chi connectivity index (χ1v) is 11.6. The summed E-state index contributed by atoms with van der Waals surface area (Å²) in [6.45, 7) is 2.06. The van der Waals surface area contributed by atoms with Crippen LogP contribution in [0.1, 0.15) is 47.3 Å². The minimum Gasteiger partial charge on any atom is -0.481 e. The molecule has 8 heteroatoms. The van der Waals surface area contributed by atoms with Crippen LogP contribution in [-0.2, 0) is 9.53 Å². The maximum Gasteiger partial charge on any atom is 0.412 e. The van der Waals surface area contributed by atoms with Crippen molar-refractivity contribution in [1.82, 2.24) is 10.3 Å². The number of aromatic nitrogens is 1. The summed E-state index contributed by atoms with van der Waals surface area (Å²) in [6, 6.07) is 20.8. The van der Waals surface area contributed by atoms with Gasteiger partial charge >= 0.3 is 12.1 Å². The molecule has 1 aromatic heterocycles. The quantitative estimate of drug-likeness (QED) is 0.416. The number of nitrogens with zero attached hydrogens (tertiary/aromatic N) is 1. The smallest absolute Gasteiger partial charge is 0.412 e. The first-order chi connectivity index (χ1) is 17.0. The molecule has 1 atom stereocenters. The van der Waals surface area contributed by atoms with E-state index >= 15 is 0 Å². The number of rotatable bonds is 9. The van der Waals surface area contributed by atoms with Crippen LogP contribution in [0.15, 0.2) is 66.7 Å². The van der Waals surface area contributed by atoms with Crippen molar-refractivity contribution in [3.05, 3.63) is 83.6 Å². The molecule has 0 bridgehead atoms. The lowest BCUT2D eigenvalue weighted by Crippen LogP contribution is -2.33. The number of carboxylic acids is 1. The zero-order chi connectivity index (χ0) is 24.8. The number of hydrogen-bond acceptors (Lipinski definition) is 5. The SMILES string of the molecule is CCCC(CNC(=O)c1cccc(NC(=O)OCC2c3ccccc3-c3ccccc32)n1)C(=O)O. The number of carboxylic acid groups (broad SMARTS) is 1. The lowest BCUT2D eigenvalue weighted by Gasteiger charge is -2.15. The maximum atomic E-state index is 12.5. The maximum absolute atomic E-state index is 12.5. The average molecular weight is 474 g/mol. The van der Waals surface area contributed by atoms with Gasteiger partial charge in [-0.3, -0.25) is 14.9 Å². The molecule has 180 valence electrons. The molecule has 1 unspecified atom stereocenters. The van der Waals surface area contributed by atoms with Gasteiger partial charge in [0.25, 0.3) is 5.91 Å². The van der Waals surface area contributed by atoms with Gasteiger partial charge in [-0.05, 0) is 40.8 Å². The molecule has 2 aromatic carbocycles. The largest absolute Gasteiger partial charge is 0.481 e. The van der Waals surface area contributed by atoms with Crippen LogP contribution in [0.2, 0.25) is 0 Å². The van der Waals surface area contributed by atoms with E-state index in [4.69, 9.17) is 4.74 Å². The number of aliphatic carboxylic acids is 1. The number of anilines is 1. The first-order valence-electron chi connectivity index (χ1n) is 11.6. The van der Waals surface area contributed by atoms with Crippen molar-refractivity contribution in [2.45, 2.75) is 25.7 Å². The van der Waals surface area contributed by atoms with E-state index < -0.39 is 23.9 Å². The molecule has 8 nitrogen and oxygen atoms in total. The fourth-order valence-corrected chi connectivity index (χ4v) is 4.34.